The van der Waals surface area contributed by atoms with Gasteiger partial charge in [-0.15, -0.1) is 0 Å². The molecule has 2 aromatic rings. The second-order valence-electron chi connectivity index (χ2n) is 6.46. The molecule has 0 aliphatic carbocycles. The molecule has 5 heteroatoms. The number of nitrogens with zero attached hydrogens (tertiary/aromatic N) is 3. The highest BCUT2D eigenvalue weighted by atomic mass is 15.2. The molecule has 0 saturated carbocycles. The molecule has 5 nitrogen and oxygen atoms in total. The largest absolute Gasteiger partial charge is 0.386 e. The lowest BCUT2D eigenvalue weighted by molar-refractivity contribution is 0.578. The van der Waals surface area contributed by atoms with E-state index in [4.69, 9.17) is 4.98 Å². The van der Waals surface area contributed by atoms with E-state index in [0.29, 0.717) is 5.95 Å². The maximum absolute atomic E-state index is 4.70. The van der Waals surface area contributed by atoms with Crippen LogP contribution in [0.4, 0.5) is 5.95 Å². The van der Waals surface area contributed by atoms with Crippen LogP contribution in [0.15, 0.2) is 60.5 Å². The minimum atomic E-state index is 0.607. The van der Waals surface area contributed by atoms with Gasteiger partial charge in [-0.1, -0.05) is 42.8 Å². The molecule has 0 bridgehead atoms. The maximum atomic E-state index is 4.70. The molecule has 140 valence electrons. The number of anilines is 1. The van der Waals surface area contributed by atoms with E-state index in [0.717, 1.165) is 35.6 Å². The van der Waals surface area contributed by atoms with Crippen LogP contribution < -0.4 is 10.6 Å². The van der Waals surface area contributed by atoms with Crippen LogP contribution >= 0.6 is 0 Å². The van der Waals surface area contributed by atoms with Crippen molar-refractivity contribution in [1.29, 1.82) is 0 Å². The normalized spacial score (nSPS) is 14.5. The van der Waals surface area contributed by atoms with Crippen molar-refractivity contribution in [2.24, 2.45) is 0 Å². The monoisotopic (exact) mass is 361 g/mol. The molecule has 2 heterocycles. The standard InChI is InChI=1S/C22H27N5/c1-5-17-11-14-27(15-12-17)21(19-10-13-25-22(24-4)26-19)20(23-3)18-8-6-16(2)7-9-18/h6-14,23H,5,15H2,1-4H3,(H,24,25,26)/b21-20-. The summed E-state index contributed by atoms with van der Waals surface area (Å²) in [4.78, 5) is 11.2. The minimum Gasteiger partial charge on any atom is -0.386 e. The first kappa shape index (κ1) is 18.7. The Kier molecular flexibility index (Phi) is 5.91. The van der Waals surface area contributed by atoms with Gasteiger partial charge in [0, 0.05) is 33.0 Å². The fraction of sp³-hybridized carbons (Fsp3) is 0.273. The van der Waals surface area contributed by atoms with Crippen molar-refractivity contribution in [2.75, 3.05) is 26.0 Å². The third kappa shape index (κ3) is 4.19. The van der Waals surface area contributed by atoms with Gasteiger partial charge >= 0.3 is 0 Å². The molecule has 0 atom stereocenters. The van der Waals surface area contributed by atoms with E-state index in [-0.39, 0.29) is 0 Å². The molecule has 0 amide bonds. The van der Waals surface area contributed by atoms with Gasteiger partial charge in [-0.2, -0.15) is 0 Å². The summed E-state index contributed by atoms with van der Waals surface area (Å²) >= 11 is 0. The zero-order valence-electron chi connectivity index (χ0n) is 16.5. The number of hydrogen-bond donors (Lipinski definition) is 2. The molecule has 1 aliphatic rings. The lowest BCUT2D eigenvalue weighted by atomic mass is 10.0. The van der Waals surface area contributed by atoms with Crippen LogP contribution in [-0.4, -0.2) is 35.5 Å². The first-order chi connectivity index (χ1) is 13.2. The van der Waals surface area contributed by atoms with E-state index in [1.165, 1.54) is 11.1 Å². The Morgan fingerprint density at radius 2 is 1.93 bits per heavy atom. The van der Waals surface area contributed by atoms with Crippen LogP contribution in [0.5, 0.6) is 0 Å². The molecule has 1 aliphatic heterocycles. The summed E-state index contributed by atoms with van der Waals surface area (Å²) < 4.78 is 0. The van der Waals surface area contributed by atoms with Crippen molar-refractivity contribution in [3.63, 3.8) is 0 Å². The van der Waals surface area contributed by atoms with Crippen LogP contribution in [-0.2, 0) is 0 Å². The van der Waals surface area contributed by atoms with Crippen LogP contribution in [0.1, 0.15) is 30.2 Å². The average Bonchev–Trinajstić information content (AvgIpc) is 2.73. The summed E-state index contributed by atoms with van der Waals surface area (Å²) in [5, 5.41) is 6.43. The Morgan fingerprint density at radius 3 is 2.52 bits per heavy atom. The Morgan fingerprint density at radius 1 is 1.15 bits per heavy atom. The lowest BCUT2D eigenvalue weighted by Gasteiger charge is -2.28. The van der Waals surface area contributed by atoms with Crippen molar-refractivity contribution in [1.82, 2.24) is 20.2 Å². The smallest absolute Gasteiger partial charge is 0.222 e. The predicted octanol–water partition coefficient (Wildman–Crippen LogP) is 4.04. The fourth-order valence-corrected chi connectivity index (χ4v) is 3.11. The Bertz CT molecular complexity index is 878. The number of benzene rings is 1. The summed E-state index contributed by atoms with van der Waals surface area (Å²) in [6.45, 7) is 5.09. The van der Waals surface area contributed by atoms with Crippen molar-refractivity contribution in [2.45, 2.75) is 20.3 Å². The summed E-state index contributed by atoms with van der Waals surface area (Å²) in [5.74, 6) is 0.607. The van der Waals surface area contributed by atoms with Crippen molar-refractivity contribution < 1.29 is 0 Å². The molecular formula is C22H27N5. The van der Waals surface area contributed by atoms with Crippen LogP contribution in [0.3, 0.4) is 0 Å². The molecule has 1 aromatic carbocycles. The van der Waals surface area contributed by atoms with Crippen molar-refractivity contribution >= 4 is 17.3 Å². The molecule has 27 heavy (non-hydrogen) atoms. The van der Waals surface area contributed by atoms with E-state index in [9.17, 15) is 0 Å². The zero-order valence-corrected chi connectivity index (χ0v) is 16.5. The number of nitrogens with one attached hydrogen (secondary N) is 2. The Balaban J connectivity index is 2.15. The van der Waals surface area contributed by atoms with Gasteiger partial charge in [0.1, 0.15) is 0 Å². The summed E-state index contributed by atoms with van der Waals surface area (Å²) in [6.07, 6.45) is 9.41. The van der Waals surface area contributed by atoms with E-state index >= 15 is 0 Å². The highest BCUT2D eigenvalue weighted by Crippen LogP contribution is 2.29. The third-order valence-corrected chi connectivity index (χ3v) is 4.66. The van der Waals surface area contributed by atoms with Gasteiger partial charge in [0.25, 0.3) is 0 Å². The molecule has 0 saturated heterocycles. The van der Waals surface area contributed by atoms with Gasteiger partial charge in [0.15, 0.2) is 0 Å². The molecule has 3 rings (SSSR count). The van der Waals surface area contributed by atoms with Gasteiger partial charge in [-0.05, 0) is 36.6 Å². The van der Waals surface area contributed by atoms with E-state index in [2.05, 4.69) is 77.0 Å². The number of aryl methyl sites for hydroxylation is 1. The first-order valence-electron chi connectivity index (χ1n) is 9.30. The van der Waals surface area contributed by atoms with Gasteiger partial charge < -0.3 is 15.5 Å². The second kappa shape index (κ2) is 8.54. The summed E-state index contributed by atoms with van der Waals surface area (Å²) in [7, 11) is 3.79. The predicted molar refractivity (Wildman–Crippen MR) is 113 cm³/mol. The highest BCUT2D eigenvalue weighted by molar-refractivity contribution is 5.88. The lowest BCUT2D eigenvalue weighted by Crippen LogP contribution is -2.23. The van der Waals surface area contributed by atoms with Crippen LogP contribution in [0.25, 0.3) is 11.4 Å². The maximum Gasteiger partial charge on any atom is 0.222 e. The average molecular weight is 361 g/mol. The third-order valence-electron chi connectivity index (χ3n) is 4.66. The van der Waals surface area contributed by atoms with Crippen molar-refractivity contribution in [3.05, 3.63) is 77.3 Å². The summed E-state index contributed by atoms with van der Waals surface area (Å²) in [6, 6.07) is 10.5. The van der Waals surface area contributed by atoms with Crippen molar-refractivity contribution in [3.8, 4) is 0 Å². The van der Waals surface area contributed by atoms with Gasteiger partial charge in [0.05, 0.1) is 17.1 Å². The molecule has 0 radical (unpaired) electrons. The minimum absolute atomic E-state index is 0.607. The second-order valence-corrected chi connectivity index (χ2v) is 6.46. The number of hydrogen-bond acceptors (Lipinski definition) is 5. The Hall–Kier alpha value is -3.08. The molecule has 1 aromatic heterocycles. The summed E-state index contributed by atoms with van der Waals surface area (Å²) in [5.41, 5.74) is 6.66. The molecule has 2 N–H and O–H groups in total. The van der Waals surface area contributed by atoms with E-state index in [1.807, 2.05) is 20.2 Å². The van der Waals surface area contributed by atoms with Gasteiger partial charge in [0.2, 0.25) is 5.95 Å². The van der Waals surface area contributed by atoms with Gasteiger partial charge in [-0.25, -0.2) is 9.97 Å². The molecular weight excluding hydrogens is 334 g/mol. The van der Waals surface area contributed by atoms with Gasteiger partial charge in [-0.3, -0.25) is 0 Å². The first-order valence-corrected chi connectivity index (χ1v) is 9.30. The number of aromatic nitrogens is 2. The topological polar surface area (TPSA) is 53.1 Å². The van der Waals surface area contributed by atoms with E-state index < -0.39 is 0 Å². The SMILES string of the molecule is CCC1=CCN(/C(=C(\NC)c2ccc(C)cc2)c2ccnc(NC)n2)C=C1. The molecule has 0 unspecified atom stereocenters. The number of rotatable bonds is 6. The Labute approximate surface area is 161 Å². The highest BCUT2D eigenvalue weighted by Gasteiger charge is 2.19. The molecule has 0 fully saturated rings. The fourth-order valence-electron chi connectivity index (χ4n) is 3.11. The van der Waals surface area contributed by atoms with Crippen LogP contribution in [0.2, 0.25) is 0 Å². The quantitative estimate of drug-likeness (QED) is 0.813. The van der Waals surface area contributed by atoms with Crippen LogP contribution in [0, 0.1) is 6.92 Å². The number of allylic oxidation sites excluding steroid dienone is 2. The zero-order chi connectivity index (χ0) is 19.2. The van der Waals surface area contributed by atoms with E-state index in [1.54, 1.807) is 6.20 Å². The molecule has 0 spiro atoms.